The first-order valence-corrected chi connectivity index (χ1v) is 11.4. The smallest absolute Gasteiger partial charge is 0.225 e. The normalized spacial score (nSPS) is 19.5. The Morgan fingerprint density at radius 3 is 2.78 bits per heavy atom. The van der Waals surface area contributed by atoms with Crippen molar-refractivity contribution in [1.29, 1.82) is 0 Å². The zero-order valence-corrected chi connectivity index (χ0v) is 17.9. The Labute approximate surface area is 186 Å². The number of rotatable bonds is 5. The molecule has 1 saturated heterocycles. The van der Waals surface area contributed by atoms with Crippen LogP contribution in [0.25, 0.3) is 28.6 Å². The van der Waals surface area contributed by atoms with Gasteiger partial charge in [0.25, 0.3) is 0 Å². The fourth-order valence-electron chi connectivity index (χ4n) is 4.96. The van der Waals surface area contributed by atoms with Crippen molar-refractivity contribution in [1.82, 2.24) is 19.7 Å². The molecule has 0 unspecified atom stereocenters. The average molecular weight is 429 g/mol. The highest BCUT2D eigenvalue weighted by Crippen LogP contribution is 2.34. The molecule has 3 aromatic rings. The number of fused-ring (bicyclic) bond motifs is 1. The first-order chi connectivity index (χ1) is 15.7. The van der Waals surface area contributed by atoms with Crippen LogP contribution in [0.5, 0.6) is 0 Å². The summed E-state index contributed by atoms with van der Waals surface area (Å²) in [5, 5.41) is 8.27. The summed E-state index contributed by atoms with van der Waals surface area (Å²) < 4.78 is 17.1. The molecule has 1 aliphatic heterocycles. The van der Waals surface area contributed by atoms with Gasteiger partial charge in [0.2, 0.25) is 5.91 Å². The Morgan fingerprint density at radius 1 is 1.09 bits per heavy atom. The van der Waals surface area contributed by atoms with E-state index in [1.54, 1.807) is 18.5 Å². The molecular formula is C26H25FN4O. The summed E-state index contributed by atoms with van der Waals surface area (Å²) in [7, 11) is 0. The summed E-state index contributed by atoms with van der Waals surface area (Å²) in [6.45, 7) is 2.27. The van der Waals surface area contributed by atoms with Crippen molar-refractivity contribution in [2.45, 2.75) is 32.2 Å². The molecule has 32 heavy (non-hydrogen) atoms. The van der Waals surface area contributed by atoms with Crippen LogP contribution in [0.4, 0.5) is 4.39 Å². The highest BCUT2D eigenvalue weighted by molar-refractivity contribution is 5.81. The number of benzene rings is 2. The molecule has 2 aliphatic carbocycles. The van der Waals surface area contributed by atoms with Gasteiger partial charge in [-0.1, -0.05) is 36.4 Å². The third-order valence-corrected chi connectivity index (χ3v) is 6.92. The van der Waals surface area contributed by atoms with E-state index in [2.05, 4.69) is 34.5 Å². The van der Waals surface area contributed by atoms with Crippen molar-refractivity contribution in [3.63, 3.8) is 0 Å². The predicted molar refractivity (Wildman–Crippen MR) is 121 cm³/mol. The molecule has 2 aromatic carbocycles. The van der Waals surface area contributed by atoms with Crippen molar-refractivity contribution in [2.24, 2.45) is 11.8 Å². The summed E-state index contributed by atoms with van der Waals surface area (Å²) >= 11 is 0. The topological polar surface area (TPSA) is 51.0 Å². The molecule has 5 nitrogen and oxygen atoms in total. The molecule has 6 heteroatoms. The second-order valence-corrected chi connectivity index (χ2v) is 9.23. The van der Waals surface area contributed by atoms with Crippen LogP contribution in [-0.4, -0.2) is 38.7 Å². The minimum atomic E-state index is -0.299. The Kier molecular flexibility index (Phi) is 4.67. The predicted octanol–water partition coefficient (Wildman–Crippen LogP) is 4.58. The van der Waals surface area contributed by atoms with Gasteiger partial charge in [0, 0.05) is 25.6 Å². The number of aromatic nitrogens is 3. The van der Waals surface area contributed by atoms with E-state index in [4.69, 9.17) is 0 Å². The molecule has 0 spiro atoms. The maximum Gasteiger partial charge on any atom is 0.225 e. The number of allylic oxidation sites excluding steroid dienone is 1. The molecule has 1 saturated carbocycles. The van der Waals surface area contributed by atoms with Crippen molar-refractivity contribution < 1.29 is 9.18 Å². The van der Waals surface area contributed by atoms with Gasteiger partial charge in [-0.2, -0.15) is 0 Å². The Hall–Kier alpha value is -3.28. The van der Waals surface area contributed by atoms with Gasteiger partial charge in [0.05, 0.1) is 5.56 Å². The first kappa shape index (κ1) is 19.4. The van der Waals surface area contributed by atoms with Gasteiger partial charge in [0.15, 0.2) is 5.82 Å². The number of carbonyl (C=O) groups is 1. The second-order valence-electron chi connectivity index (χ2n) is 9.23. The summed E-state index contributed by atoms with van der Waals surface area (Å²) in [6, 6.07) is 11.6. The average Bonchev–Trinajstić information content (AvgIpc) is 3.17. The summed E-state index contributed by atoms with van der Waals surface area (Å²) in [6.07, 6.45) is 9.90. The fraction of sp³-hybridized carbons (Fsp3) is 0.346. The molecule has 1 aromatic heterocycles. The molecule has 162 valence electrons. The van der Waals surface area contributed by atoms with Gasteiger partial charge in [-0.15, -0.1) is 10.2 Å². The fourth-order valence-corrected chi connectivity index (χ4v) is 4.96. The van der Waals surface area contributed by atoms with E-state index in [0.29, 0.717) is 29.8 Å². The third-order valence-electron chi connectivity index (χ3n) is 6.92. The van der Waals surface area contributed by atoms with Crippen molar-refractivity contribution >= 4 is 12.0 Å². The zero-order chi connectivity index (χ0) is 21.7. The van der Waals surface area contributed by atoms with Gasteiger partial charge in [-0.05, 0) is 66.0 Å². The number of amides is 1. The second kappa shape index (κ2) is 7.69. The van der Waals surface area contributed by atoms with Gasteiger partial charge >= 0.3 is 0 Å². The highest BCUT2D eigenvalue weighted by atomic mass is 19.1. The minimum Gasteiger partial charge on any atom is -0.342 e. The molecule has 2 fully saturated rings. The Morgan fingerprint density at radius 2 is 1.94 bits per heavy atom. The maximum atomic E-state index is 15.2. The molecule has 1 amide bonds. The lowest BCUT2D eigenvalue weighted by atomic mass is 9.99. The van der Waals surface area contributed by atoms with Gasteiger partial charge in [-0.3, -0.25) is 4.79 Å². The lowest BCUT2D eigenvalue weighted by Gasteiger charge is -2.17. The van der Waals surface area contributed by atoms with Crippen LogP contribution in [0.1, 0.15) is 30.4 Å². The molecule has 6 rings (SSSR count). The van der Waals surface area contributed by atoms with Crippen LogP contribution in [0, 0.1) is 17.7 Å². The van der Waals surface area contributed by atoms with Crippen LogP contribution < -0.4 is 0 Å². The van der Waals surface area contributed by atoms with Crippen LogP contribution in [0.3, 0.4) is 0 Å². The molecule has 0 N–H and O–H groups in total. The van der Waals surface area contributed by atoms with E-state index in [9.17, 15) is 4.79 Å². The van der Waals surface area contributed by atoms with Crippen molar-refractivity contribution in [3.8, 4) is 22.5 Å². The zero-order valence-electron chi connectivity index (χ0n) is 17.9. The lowest BCUT2D eigenvalue weighted by Crippen LogP contribution is -2.30. The van der Waals surface area contributed by atoms with Crippen molar-refractivity contribution in [3.05, 3.63) is 65.7 Å². The molecule has 1 atom stereocenters. The molecular weight excluding hydrogens is 403 g/mol. The lowest BCUT2D eigenvalue weighted by molar-refractivity contribution is -0.131. The largest absolute Gasteiger partial charge is 0.342 e. The first-order valence-electron chi connectivity index (χ1n) is 11.4. The van der Waals surface area contributed by atoms with Crippen LogP contribution >= 0.6 is 0 Å². The highest BCUT2D eigenvalue weighted by Gasteiger charge is 2.36. The number of nitrogens with zero attached hydrogens (tertiary/aromatic N) is 4. The minimum absolute atomic E-state index is 0.258. The molecule has 3 aliphatic rings. The third kappa shape index (κ3) is 3.53. The summed E-state index contributed by atoms with van der Waals surface area (Å²) in [5.74, 6) is 1.15. The van der Waals surface area contributed by atoms with Crippen LogP contribution in [-0.2, 0) is 17.8 Å². The standard InChI is InChI=1S/C26H25FN4O/c27-24-13-22(21-7-4-18-2-1-3-20(18)12-21)8-9-23(24)25-29-28-16-31(25)15-17-10-11-30(14-17)26(32)19-5-6-19/h1-2,4,7-9,12-13,16-17,19H,3,5-6,10-11,14-15H2/t17-/m1/s1. The van der Waals surface area contributed by atoms with Gasteiger partial charge in [-0.25, -0.2) is 4.39 Å². The molecule has 0 bridgehead atoms. The van der Waals surface area contributed by atoms with E-state index < -0.39 is 0 Å². The Bertz CT molecular complexity index is 1230. The van der Waals surface area contributed by atoms with E-state index in [1.165, 1.54) is 11.1 Å². The number of likely N-dealkylation sites (tertiary alicyclic amines) is 1. The quantitative estimate of drug-likeness (QED) is 0.598. The Balaban J connectivity index is 1.20. The van der Waals surface area contributed by atoms with Crippen LogP contribution in [0.15, 0.2) is 48.8 Å². The number of hydrogen-bond acceptors (Lipinski definition) is 3. The molecule has 2 heterocycles. The number of hydrogen-bond donors (Lipinski definition) is 0. The maximum absolute atomic E-state index is 15.2. The number of carbonyl (C=O) groups excluding carboxylic acids is 1. The van der Waals surface area contributed by atoms with E-state index in [0.717, 1.165) is 49.9 Å². The number of halogens is 1. The summed E-state index contributed by atoms with van der Waals surface area (Å²) in [4.78, 5) is 14.3. The molecule has 0 radical (unpaired) electrons. The van der Waals surface area contributed by atoms with Gasteiger partial charge < -0.3 is 9.47 Å². The van der Waals surface area contributed by atoms with E-state index in [-0.39, 0.29) is 11.7 Å². The van der Waals surface area contributed by atoms with E-state index in [1.807, 2.05) is 21.6 Å². The monoisotopic (exact) mass is 428 g/mol. The van der Waals surface area contributed by atoms with Gasteiger partial charge in [0.1, 0.15) is 12.1 Å². The van der Waals surface area contributed by atoms with E-state index >= 15 is 4.39 Å². The SMILES string of the molecule is O=C(C1CC1)N1CC[C@@H](Cn2cnnc2-c2ccc(-c3ccc4c(c3)CC=C4)cc2F)C1. The van der Waals surface area contributed by atoms with Crippen LogP contribution in [0.2, 0.25) is 0 Å². The van der Waals surface area contributed by atoms with Crippen molar-refractivity contribution in [2.75, 3.05) is 13.1 Å². The summed E-state index contributed by atoms with van der Waals surface area (Å²) in [5.41, 5.74) is 4.85.